The molecule has 0 saturated carbocycles. The summed E-state index contributed by atoms with van der Waals surface area (Å²) in [5.74, 6) is -2.10. The second-order valence-electron chi connectivity index (χ2n) is 7.42. The number of benzene rings is 1. The molecule has 1 aliphatic rings. The fourth-order valence-corrected chi connectivity index (χ4v) is 3.94. The van der Waals surface area contributed by atoms with E-state index < -0.39 is 44.6 Å². The maximum atomic E-state index is 14.7. The maximum Gasteiger partial charge on any atom is 0.668 e. The number of halogens is 2. The molecule has 1 aromatic heterocycles. The molecule has 0 radical (unpaired) electrons. The highest BCUT2D eigenvalue weighted by Crippen LogP contribution is 2.30. The van der Waals surface area contributed by atoms with Crippen LogP contribution in [0, 0.1) is 11.6 Å². The molecule has 2 aromatic rings. The molecule has 2 N–H and O–H groups in total. The van der Waals surface area contributed by atoms with Crippen LogP contribution in [0.5, 0.6) is 5.75 Å². The van der Waals surface area contributed by atoms with Gasteiger partial charge in [-0.3, -0.25) is 4.79 Å². The fraction of sp³-hybridized carbons (Fsp3) is 0.333. The molecule has 174 valence electrons. The Labute approximate surface area is 181 Å². The first-order chi connectivity index (χ1) is 14.8. The minimum atomic E-state index is -3.97. The smallest absolute Gasteiger partial charge is 0.620 e. The third kappa shape index (κ3) is 4.47. The van der Waals surface area contributed by atoms with E-state index in [2.05, 4.69) is 9.91 Å². The predicted octanol–water partition coefficient (Wildman–Crippen LogP) is 0.776. The average molecular weight is 473 g/mol. The molecule has 0 saturated heterocycles. The maximum absolute atomic E-state index is 14.7. The molecule has 0 spiro atoms. The molecular formula is C18H20BF2N2O8S-. The Kier molecular flexibility index (Phi) is 6.06. The number of pyridine rings is 1. The summed E-state index contributed by atoms with van der Waals surface area (Å²) in [6, 6.07) is 4.62. The average Bonchev–Trinajstić information content (AvgIpc) is 3.07. The molecule has 0 aliphatic carbocycles. The zero-order valence-corrected chi connectivity index (χ0v) is 18.1. The summed E-state index contributed by atoms with van der Waals surface area (Å²) < 4.78 is 66.6. The van der Waals surface area contributed by atoms with Crippen molar-refractivity contribution in [2.75, 3.05) is 13.4 Å². The minimum absolute atomic E-state index is 0.149. The van der Waals surface area contributed by atoms with E-state index in [1.165, 1.54) is 26.2 Å². The number of ether oxygens (including phenoxy) is 1. The third-order valence-corrected chi connectivity index (χ3v) is 7.20. The summed E-state index contributed by atoms with van der Waals surface area (Å²) in [4.78, 5) is 12.5. The van der Waals surface area contributed by atoms with Gasteiger partial charge in [-0.05, 0) is 25.5 Å². The van der Waals surface area contributed by atoms with Crippen molar-refractivity contribution in [1.82, 2.24) is 4.57 Å². The minimum Gasteiger partial charge on any atom is -0.620 e. The molecule has 32 heavy (non-hydrogen) atoms. The van der Waals surface area contributed by atoms with Gasteiger partial charge in [-0.1, -0.05) is 5.16 Å². The Morgan fingerprint density at radius 2 is 1.91 bits per heavy atom. The van der Waals surface area contributed by atoms with E-state index in [-0.39, 0.29) is 29.8 Å². The Bertz CT molecular complexity index is 1250. The topological polar surface area (TPSA) is 137 Å². The van der Waals surface area contributed by atoms with Crippen molar-refractivity contribution in [3.05, 3.63) is 52.5 Å². The summed E-state index contributed by atoms with van der Waals surface area (Å²) >= 11 is 0. The molecule has 2 heterocycles. The van der Waals surface area contributed by atoms with Crippen LogP contribution in [-0.4, -0.2) is 54.0 Å². The van der Waals surface area contributed by atoms with Crippen LogP contribution >= 0.6 is 0 Å². The first-order valence-corrected chi connectivity index (χ1v) is 11.1. The van der Waals surface area contributed by atoms with Gasteiger partial charge in [0, 0.05) is 42.3 Å². The Hall–Kier alpha value is -2.97. The van der Waals surface area contributed by atoms with E-state index in [9.17, 15) is 32.0 Å². The van der Waals surface area contributed by atoms with Gasteiger partial charge in [-0.25, -0.2) is 17.2 Å². The Balaban J connectivity index is 1.91. The van der Waals surface area contributed by atoms with E-state index in [1.807, 2.05) is 0 Å². The van der Waals surface area contributed by atoms with E-state index in [0.717, 1.165) is 29.2 Å². The summed E-state index contributed by atoms with van der Waals surface area (Å²) in [5, 5.41) is 22.0. The van der Waals surface area contributed by atoms with Crippen LogP contribution in [0.15, 0.2) is 40.4 Å². The largest absolute Gasteiger partial charge is 0.668 e. The molecule has 14 heteroatoms. The monoisotopic (exact) mass is 473 g/mol. The van der Waals surface area contributed by atoms with E-state index >= 15 is 0 Å². The van der Waals surface area contributed by atoms with Crippen LogP contribution in [0.1, 0.15) is 13.3 Å². The molecule has 10 nitrogen and oxygen atoms in total. The normalized spacial score (nSPS) is 17.2. The van der Waals surface area contributed by atoms with Crippen molar-refractivity contribution in [2.45, 2.75) is 24.6 Å². The van der Waals surface area contributed by atoms with Crippen molar-refractivity contribution in [1.29, 1.82) is 0 Å². The van der Waals surface area contributed by atoms with Gasteiger partial charge < -0.3 is 28.8 Å². The summed E-state index contributed by atoms with van der Waals surface area (Å²) in [6.45, 7) is -2.93. The number of hydrogen-bond donors (Lipinski definition) is 2. The molecule has 1 aromatic carbocycles. The van der Waals surface area contributed by atoms with E-state index in [4.69, 9.17) is 9.39 Å². The molecule has 1 aliphatic heterocycles. The zero-order valence-electron chi connectivity index (χ0n) is 17.3. The lowest BCUT2D eigenvalue weighted by Gasteiger charge is -2.30. The van der Waals surface area contributed by atoms with Gasteiger partial charge in [0.15, 0.2) is 15.7 Å². The lowest BCUT2D eigenvalue weighted by molar-refractivity contribution is 0.102. The van der Waals surface area contributed by atoms with Crippen molar-refractivity contribution in [2.24, 2.45) is 5.16 Å². The number of oxime groups is 1. The molecule has 0 amide bonds. The predicted molar refractivity (Wildman–Crippen MR) is 110 cm³/mol. The second kappa shape index (κ2) is 8.18. The molecule has 1 atom stereocenters. The van der Waals surface area contributed by atoms with Gasteiger partial charge in [0.25, 0.3) is 5.56 Å². The van der Waals surface area contributed by atoms with Gasteiger partial charge in [0.2, 0.25) is 0 Å². The first-order valence-electron chi connectivity index (χ1n) is 9.24. The lowest BCUT2D eigenvalue weighted by atomic mass is 10.0. The standard InChI is InChI=1S/C18H20BF2N2O8S/c1-18(32(3,27)28,17-22-31-19(25,26)30-17)6-7-23-10-15(21)13(9-16(23)24)12-5-4-11(29-2)8-14(12)20/h4-5,8-10,25-26H,6-7H2,1-3H3/q-1/t18-/m1/s1. The molecular weight excluding hydrogens is 453 g/mol. The van der Waals surface area contributed by atoms with Crippen LogP contribution in [0.4, 0.5) is 8.78 Å². The fourth-order valence-electron chi connectivity index (χ4n) is 3.08. The van der Waals surface area contributed by atoms with Gasteiger partial charge in [-0.2, -0.15) is 0 Å². The third-order valence-electron chi connectivity index (χ3n) is 5.18. The highest BCUT2D eigenvalue weighted by Gasteiger charge is 2.48. The van der Waals surface area contributed by atoms with Gasteiger partial charge in [-0.15, -0.1) is 0 Å². The van der Waals surface area contributed by atoms with Crippen LogP contribution in [0.3, 0.4) is 0 Å². The van der Waals surface area contributed by atoms with Crippen molar-refractivity contribution in [3.63, 3.8) is 0 Å². The van der Waals surface area contributed by atoms with Crippen molar-refractivity contribution in [3.8, 4) is 16.9 Å². The highest BCUT2D eigenvalue weighted by molar-refractivity contribution is 7.92. The Morgan fingerprint density at radius 1 is 1.22 bits per heavy atom. The molecule has 0 fully saturated rings. The van der Waals surface area contributed by atoms with Crippen LogP contribution in [0.2, 0.25) is 0 Å². The second-order valence-corrected chi connectivity index (χ2v) is 9.86. The van der Waals surface area contributed by atoms with E-state index in [0.29, 0.717) is 0 Å². The number of aryl methyl sites for hydroxylation is 1. The van der Waals surface area contributed by atoms with Crippen LogP contribution in [-0.2, 0) is 25.8 Å². The number of aromatic nitrogens is 1. The molecule has 0 unspecified atom stereocenters. The molecule has 0 bridgehead atoms. The highest BCUT2D eigenvalue weighted by atomic mass is 32.2. The lowest BCUT2D eigenvalue weighted by Crippen LogP contribution is -2.48. The Morgan fingerprint density at radius 3 is 2.44 bits per heavy atom. The van der Waals surface area contributed by atoms with Gasteiger partial charge in [0.05, 0.1) is 7.11 Å². The quantitative estimate of drug-likeness (QED) is 0.563. The first kappa shape index (κ1) is 23.7. The summed E-state index contributed by atoms with van der Waals surface area (Å²) in [6.07, 6.45) is 1.33. The SMILES string of the molecule is COc1ccc(-c2cc(=O)n(CC[C@](C)(C3=NO[B-](O)(O)O3)S(C)(=O)=O)cc2F)c(F)c1. The number of methoxy groups -OCH3 is 1. The number of nitrogens with zero attached hydrogens (tertiary/aromatic N) is 2. The van der Waals surface area contributed by atoms with E-state index in [1.54, 1.807) is 0 Å². The zero-order chi connectivity index (χ0) is 23.9. The van der Waals surface area contributed by atoms with Gasteiger partial charge >= 0.3 is 6.96 Å². The number of rotatable bonds is 7. The van der Waals surface area contributed by atoms with Crippen LogP contribution in [0.25, 0.3) is 11.1 Å². The number of hydrogen-bond acceptors (Lipinski definition) is 9. The van der Waals surface area contributed by atoms with Crippen molar-refractivity contribution < 1.29 is 41.4 Å². The summed E-state index contributed by atoms with van der Waals surface area (Å²) in [7, 11) is -2.63. The molecule has 3 rings (SSSR count). The number of sulfone groups is 1. The van der Waals surface area contributed by atoms with Crippen molar-refractivity contribution >= 4 is 22.7 Å². The summed E-state index contributed by atoms with van der Waals surface area (Å²) in [5.41, 5.74) is -1.15. The van der Waals surface area contributed by atoms with Gasteiger partial charge in [0.1, 0.15) is 22.1 Å². The van der Waals surface area contributed by atoms with Crippen LogP contribution < -0.4 is 10.3 Å².